The number of rotatable bonds is 2. The molecule has 0 unspecified atom stereocenters. The third kappa shape index (κ3) is 2.80. The summed E-state index contributed by atoms with van der Waals surface area (Å²) in [5.41, 5.74) is 4.20. The number of carbonyl (C=O) groups excluding carboxylic acids is 1. The average Bonchev–Trinajstić information content (AvgIpc) is 2.93. The zero-order valence-electron chi connectivity index (χ0n) is 12.5. The molecule has 0 bridgehead atoms. The van der Waals surface area contributed by atoms with Gasteiger partial charge in [-0.05, 0) is 62.3 Å². The first kappa shape index (κ1) is 14.9. The predicted octanol–water partition coefficient (Wildman–Crippen LogP) is 3.33. The predicted molar refractivity (Wildman–Crippen MR) is 94.0 cm³/mol. The van der Waals surface area contributed by atoms with Crippen molar-refractivity contribution >= 4 is 46.3 Å². The molecule has 1 fully saturated rings. The van der Waals surface area contributed by atoms with Crippen molar-refractivity contribution < 1.29 is 4.79 Å². The van der Waals surface area contributed by atoms with Gasteiger partial charge in [0, 0.05) is 5.38 Å². The van der Waals surface area contributed by atoms with Gasteiger partial charge in [-0.3, -0.25) is 9.69 Å². The van der Waals surface area contributed by atoms with Gasteiger partial charge in [-0.25, -0.2) is 4.98 Å². The Balaban J connectivity index is 1.96. The second-order valence-corrected chi connectivity index (χ2v) is 6.71. The summed E-state index contributed by atoms with van der Waals surface area (Å²) in [4.78, 5) is 18.5. The van der Waals surface area contributed by atoms with E-state index in [9.17, 15) is 4.79 Å². The van der Waals surface area contributed by atoms with Crippen LogP contribution in [0.5, 0.6) is 0 Å². The Bertz CT molecular complexity index is 787. The van der Waals surface area contributed by atoms with Crippen LogP contribution in [0, 0.1) is 20.8 Å². The van der Waals surface area contributed by atoms with E-state index in [1.165, 1.54) is 4.90 Å². The number of benzene rings is 1. The van der Waals surface area contributed by atoms with Gasteiger partial charge in [-0.15, -0.1) is 11.3 Å². The van der Waals surface area contributed by atoms with Crippen molar-refractivity contribution in [1.82, 2.24) is 10.3 Å². The van der Waals surface area contributed by atoms with Crippen LogP contribution in [0.25, 0.3) is 6.08 Å². The molecule has 2 heterocycles. The Kier molecular flexibility index (Phi) is 3.80. The number of aryl methyl sites for hydroxylation is 3. The van der Waals surface area contributed by atoms with Gasteiger partial charge in [0.15, 0.2) is 5.11 Å². The van der Waals surface area contributed by atoms with Crippen molar-refractivity contribution in [2.45, 2.75) is 20.8 Å². The van der Waals surface area contributed by atoms with Crippen molar-refractivity contribution in [2.24, 2.45) is 0 Å². The third-order valence-electron chi connectivity index (χ3n) is 3.27. The zero-order chi connectivity index (χ0) is 15.9. The third-order valence-corrected chi connectivity index (χ3v) is 4.35. The summed E-state index contributed by atoms with van der Waals surface area (Å²) in [6.45, 7) is 5.94. The number of thiazole rings is 1. The summed E-state index contributed by atoms with van der Waals surface area (Å²) in [6, 6.07) is 5.97. The summed E-state index contributed by atoms with van der Waals surface area (Å²) in [6.07, 6.45) is 1.74. The normalized spacial score (nSPS) is 16.5. The molecule has 4 nitrogen and oxygen atoms in total. The lowest BCUT2D eigenvalue weighted by molar-refractivity contribution is -0.113. The molecule has 1 aromatic heterocycles. The number of nitrogens with one attached hydrogen (secondary N) is 1. The molecule has 2 aromatic rings. The van der Waals surface area contributed by atoms with Crippen LogP contribution in [0.2, 0.25) is 0 Å². The van der Waals surface area contributed by atoms with Crippen LogP contribution in [0.4, 0.5) is 5.69 Å². The number of anilines is 1. The minimum Gasteiger partial charge on any atom is -0.327 e. The molecule has 1 amide bonds. The quantitative estimate of drug-likeness (QED) is 0.678. The lowest BCUT2D eigenvalue weighted by atomic mass is 10.1. The first-order valence-electron chi connectivity index (χ1n) is 6.81. The average molecular weight is 329 g/mol. The van der Waals surface area contributed by atoms with E-state index in [2.05, 4.69) is 16.4 Å². The monoisotopic (exact) mass is 329 g/mol. The van der Waals surface area contributed by atoms with E-state index in [-0.39, 0.29) is 5.91 Å². The highest BCUT2D eigenvalue weighted by Crippen LogP contribution is 2.25. The molecular formula is C16H15N3OS2. The van der Waals surface area contributed by atoms with Gasteiger partial charge >= 0.3 is 0 Å². The van der Waals surface area contributed by atoms with E-state index in [1.807, 2.05) is 38.3 Å². The van der Waals surface area contributed by atoms with E-state index in [1.54, 1.807) is 17.4 Å². The second kappa shape index (κ2) is 5.62. The van der Waals surface area contributed by atoms with Gasteiger partial charge in [-0.1, -0.05) is 6.07 Å². The molecule has 3 rings (SSSR count). The molecule has 0 spiro atoms. The van der Waals surface area contributed by atoms with Crippen LogP contribution in [0.15, 0.2) is 29.3 Å². The van der Waals surface area contributed by atoms with Gasteiger partial charge < -0.3 is 5.32 Å². The fraction of sp³-hybridized carbons (Fsp3) is 0.188. The van der Waals surface area contributed by atoms with Crippen LogP contribution < -0.4 is 10.2 Å². The van der Waals surface area contributed by atoms with E-state index in [0.717, 1.165) is 27.5 Å². The van der Waals surface area contributed by atoms with E-state index < -0.39 is 0 Å². The van der Waals surface area contributed by atoms with Crippen LogP contribution in [0.1, 0.15) is 21.8 Å². The Hall–Kier alpha value is -2.05. The van der Waals surface area contributed by atoms with E-state index >= 15 is 0 Å². The molecular weight excluding hydrogens is 314 g/mol. The van der Waals surface area contributed by atoms with Gasteiger partial charge in [-0.2, -0.15) is 0 Å². The number of thiocarbonyl (C=S) groups is 1. The van der Waals surface area contributed by atoms with Crippen LogP contribution in [-0.2, 0) is 4.79 Å². The molecule has 0 saturated carbocycles. The fourth-order valence-corrected chi connectivity index (χ4v) is 3.31. The molecule has 1 aromatic carbocycles. The van der Waals surface area contributed by atoms with Gasteiger partial charge in [0.1, 0.15) is 5.70 Å². The smallest absolute Gasteiger partial charge is 0.281 e. The summed E-state index contributed by atoms with van der Waals surface area (Å²) < 4.78 is 0. The lowest BCUT2D eigenvalue weighted by Crippen LogP contribution is -2.30. The topological polar surface area (TPSA) is 45.2 Å². The van der Waals surface area contributed by atoms with Crippen molar-refractivity contribution in [1.29, 1.82) is 0 Å². The van der Waals surface area contributed by atoms with Crippen LogP contribution >= 0.6 is 23.6 Å². The maximum Gasteiger partial charge on any atom is 0.281 e. The molecule has 0 aliphatic carbocycles. The highest BCUT2D eigenvalue weighted by atomic mass is 32.1. The van der Waals surface area contributed by atoms with Crippen LogP contribution in [0.3, 0.4) is 0 Å². The van der Waals surface area contributed by atoms with E-state index in [0.29, 0.717) is 10.8 Å². The first-order chi connectivity index (χ1) is 10.4. The Labute approximate surface area is 138 Å². The van der Waals surface area contributed by atoms with E-state index in [4.69, 9.17) is 12.2 Å². The van der Waals surface area contributed by atoms with Gasteiger partial charge in [0.2, 0.25) is 0 Å². The Morgan fingerprint density at radius 1 is 1.23 bits per heavy atom. The van der Waals surface area contributed by atoms with Crippen molar-refractivity contribution in [2.75, 3.05) is 4.90 Å². The minimum atomic E-state index is -0.152. The highest BCUT2D eigenvalue weighted by molar-refractivity contribution is 7.80. The minimum absolute atomic E-state index is 0.152. The van der Waals surface area contributed by atoms with Gasteiger partial charge in [0.25, 0.3) is 5.91 Å². The van der Waals surface area contributed by atoms with Crippen molar-refractivity contribution in [3.8, 4) is 0 Å². The Morgan fingerprint density at radius 3 is 2.50 bits per heavy atom. The van der Waals surface area contributed by atoms with Crippen molar-refractivity contribution in [3.05, 3.63) is 51.1 Å². The molecule has 1 saturated heterocycles. The molecule has 0 radical (unpaired) electrons. The summed E-state index contributed by atoms with van der Waals surface area (Å²) >= 11 is 6.87. The number of aromatic nitrogens is 1. The molecule has 6 heteroatoms. The van der Waals surface area contributed by atoms with Crippen molar-refractivity contribution in [3.63, 3.8) is 0 Å². The number of hydrogen-bond acceptors (Lipinski definition) is 4. The maximum atomic E-state index is 12.6. The molecule has 1 aliphatic rings. The second-order valence-electron chi connectivity index (χ2n) is 5.27. The summed E-state index contributed by atoms with van der Waals surface area (Å²) in [5, 5.41) is 6.26. The fourth-order valence-electron chi connectivity index (χ4n) is 2.44. The molecule has 0 atom stereocenters. The zero-order valence-corrected chi connectivity index (χ0v) is 14.1. The summed E-state index contributed by atoms with van der Waals surface area (Å²) in [5.74, 6) is -0.152. The first-order valence-corrected chi connectivity index (χ1v) is 8.10. The standard InChI is InChI=1S/C16H15N3OS2/c1-9-4-10(2)6-13(5-9)19-15(20)14(18-16(19)21)7-12-8-22-11(3)17-12/h4-8H,1-3H3,(H,18,21)/b14-7-. The Morgan fingerprint density at radius 2 is 1.91 bits per heavy atom. The maximum absolute atomic E-state index is 12.6. The number of carbonyl (C=O) groups is 1. The van der Waals surface area contributed by atoms with Crippen LogP contribution in [-0.4, -0.2) is 16.0 Å². The SMILES string of the molecule is Cc1cc(C)cc(N2C(=O)/C(=C/c3csc(C)n3)NC2=S)c1. The summed E-state index contributed by atoms with van der Waals surface area (Å²) in [7, 11) is 0. The largest absolute Gasteiger partial charge is 0.327 e. The molecule has 22 heavy (non-hydrogen) atoms. The number of amides is 1. The number of hydrogen-bond donors (Lipinski definition) is 1. The molecule has 112 valence electrons. The lowest BCUT2D eigenvalue weighted by Gasteiger charge is -2.15. The molecule has 1 aliphatic heterocycles. The highest BCUT2D eigenvalue weighted by Gasteiger charge is 2.32. The van der Waals surface area contributed by atoms with Gasteiger partial charge in [0.05, 0.1) is 16.4 Å². The number of nitrogens with zero attached hydrogens (tertiary/aromatic N) is 2. The molecule has 1 N–H and O–H groups in total.